The molecule has 1 atom stereocenters. The van der Waals surface area contributed by atoms with Crippen molar-refractivity contribution in [2.45, 2.75) is 20.3 Å². The molecular weight excluding hydrogens is 246 g/mol. The number of nitrogens with one attached hydrogen (secondary N) is 1. The third kappa shape index (κ3) is 2.83. The number of nitrogens with two attached hydrogens (primary N) is 1. The lowest BCUT2D eigenvalue weighted by Gasteiger charge is -2.07. The zero-order chi connectivity index (χ0) is 14.2. The lowest BCUT2D eigenvalue weighted by atomic mass is 10.1. The number of hydrogen-bond donors (Lipinski definition) is 2. The molecule has 6 heteroatoms. The normalized spacial score (nSPS) is 19.8. The number of nitrogen functional groups attached to an aromatic ring is 1. The molecule has 1 amide bonds. The highest BCUT2D eigenvalue weighted by Crippen LogP contribution is 2.51. The quantitative estimate of drug-likeness (QED) is 0.492. The number of rotatable bonds is 4. The first-order chi connectivity index (χ1) is 8.81. The molecule has 0 saturated heterocycles. The van der Waals surface area contributed by atoms with Gasteiger partial charge in [0.05, 0.1) is 4.92 Å². The van der Waals surface area contributed by atoms with Gasteiger partial charge in [0.25, 0.3) is 11.6 Å². The molecule has 1 aromatic rings. The van der Waals surface area contributed by atoms with Gasteiger partial charge in [0.2, 0.25) is 0 Å². The van der Waals surface area contributed by atoms with Crippen molar-refractivity contribution in [3.05, 3.63) is 33.9 Å². The Bertz CT molecular complexity index is 540. The van der Waals surface area contributed by atoms with Crippen molar-refractivity contribution >= 4 is 17.3 Å². The summed E-state index contributed by atoms with van der Waals surface area (Å²) in [6, 6.07) is 4.01. The summed E-state index contributed by atoms with van der Waals surface area (Å²) in [5.41, 5.74) is 5.97. The molecule has 0 heterocycles. The van der Waals surface area contributed by atoms with Crippen LogP contribution in [-0.4, -0.2) is 17.4 Å². The molecule has 0 aliphatic heterocycles. The zero-order valence-corrected chi connectivity index (χ0v) is 11.0. The van der Waals surface area contributed by atoms with Crippen molar-refractivity contribution in [1.82, 2.24) is 5.32 Å². The summed E-state index contributed by atoms with van der Waals surface area (Å²) in [7, 11) is 0. The molecule has 2 rings (SSSR count). The van der Waals surface area contributed by atoms with Gasteiger partial charge in [-0.15, -0.1) is 0 Å². The molecule has 102 valence electrons. The van der Waals surface area contributed by atoms with Crippen molar-refractivity contribution in [2.75, 3.05) is 12.3 Å². The minimum Gasteiger partial charge on any atom is -0.399 e. The van der Waals surface area contributed by atoms with E-state index in [9.17, 15) is 14.9 Å². The highest BCUT2D eigenvalue weighted by Gasteiger charge is 2.45. The molecule has 1 unspecified atom stereocenters. The molecule has 3 N–H and O–H groups in total. The van der Waals surface area contributed by atoms with Gasteiger partial charge in [0.15, 0.2) is 0 Å². The van der Waals surface area contributed by atoms with Gasteiger partial charge in [-0.25, -0.2) is 0 Å². The fourth-order valence-electron chi connectivity index (χ4n) is 2.13. The average Bonchev–Trinajstić information content (AvgIpc) is 2.93. The Morgan fingerprint density at radius 3 is 2.74 bits per heavy atom. The number of carbonyl (C=O) groups is 1. The van der Waals surface area contributed by atoms with Crippen LogP contribution in [0.5, 0.6) is 0 Å². The van der Waals surface area contributed by atoms with Crippen LogP contribution < -0.4 is 11.1 Å². The number of amides is 1. The monoisotopic (exact) mass is 263 g/mol. The van der Waals surface area contributed by atoms with E-state index in [4.69, 9.17) is 5.73 Å². The number of anilines is 1. The van der Waals surface area contributed by atoms with Crippen LogP contribution in [0.3, 0.4) is 0 Å². The Balaban J connectivity index is 2.10. The van der Waals surface area contributed by atoms with Gasteiger partial charge >= 0.3 is 0 Å². The van der Waals surface area contributed by atoms with Gasteiger partial charge in [0.1, 0.15) is 5.56 Å². The molecule has 0 aromatic heterocycles. The summed E-state index contributed by atoms with van der Waals surface area (Å²) < 4.78 is 0. The molecule has 1 aliphatic carbocycles. The summed E-state index contributed by atoms with van der Waals surface area (Å²) >= 11 is 0. The van der Waals surface area contributed by atoms with Crippen molar-refractivity contribution < 1.29 is 9.72 Å². The number of nitro benzene ring substituents is 1. The number of hydrogen-bond acceptors (Lipinski definition) is 4. The smallest absolute Gasteiger partial charge is 0.282 e. The van der Waals surface area contributed by atoms with Gasteiger partial charge in [-0.05, 0) is 29.9 Å². The number of benzene rings is 1. The molecule has 6 nitrogen and oxygen atoms in total. The first-order valence-electron chi connectivity index (χ1n) is 6.13. The van der Waals surface area contributed by atoms with Gasteiger partial charge < -0.3 is 11.1 Å². The molecule has 1 fully saturated rings. The number of nitrogens with zero attached hydrogens (tertiary/aromatic N) is 1. The van der Waals surface area contributed by atoms with Gasteiger partial charge in [-0.1, -0.05) is 13.8 Å². The molecule has 0 radical (unpaired) electrons. The van der Waals surface area contributed by atoms with Gasteiger partial charge in [0, 0.05) is 18.3 Å². The summed E-state index contributed by atoms with van der Waals surface area (Å²) in [4.78, 5) is 22.3. The predicted octanol–water partition coefficient (Wildman–Crippen LogP) is 1.95. The minimum absolute atomic E-state index is 0.0171. The van der Waals surface area contributed by atoms with Crippen LogP contribution in [0.4, 0.5) is 11.4 Å². The Labute approximate surface area is 111 Å². The fraction of sp³-hybridized carbons (Fsp3) is 0.462. The standard InChI is InChI=1S/C13H17N3O3/c1-13(2)6-8(13)7-15-12(17)10-5-9(14)3-4-11(10)16(18)19/h3-5,8H,6-7,14H2,1-2H3,(H,15,17). The fourth-order valence-corrected chi connectivity index (χ4v) is 2.13. The lowest BCUT2D eigenvalue weighted by Crippen LogP contribution is -2.27. The van der Waals surface area contributed by atoms with E-state index in [0.717, 1.165) is 6.42 Å². The summed E-state index contributed by atoms with van der Waals surface area (Å²) in [5.74, 6) is -0.00161. The molecule has 19 heavy (non-hydrogen) atoms. The van der Waals surface area contributed by atoms with Crippen molar-refractivity contribution in [3.63, 3.8) is 0 Å². The maximum absolute atomic E-state index is 12.0. The molecule has 1 saturated carbocycles. The molecular formula is C13H17N3O3. The number of carbonyl (C=O) groups excluding carboxylic acids is 1. The Hall–Kier alpha value is -2.11. The van der Waals surface area contributed by atoms with Crippen LogP contribution in [-0.2, 0) is 0 Å². The van der Waals surface area contributed by atoms with Crippen molar-refractivity contribution in [3.8, 4) is 0 Å². The second-order valence-corrected chi connectivity index (χ2v) is 5.63. The van der Waals surface area contributed by atoms with Crippen LogP contribution in [0, 0.1) is 21.4 Å². The predicted molar refractivity (Wildman–Crippen MR) is 71.7 cm³/mol. The van der Waals surface area contributed by atoms with Crippen LogP contribution >= 0.6 is 0 Å². The maximum Gasteiger partial charge on any atom is 0.282 e. The van der Waals surface area contributed by atoms with Crippen LogP contribution in [0.25, 0.3) is 0 Å². The largest absolute Gasteiger partial charge is 0.399 e. The molecule has 1 aromatic carbocycles. The van der Waals surface area contributed by atoms with Gasteiger partial charge in [-0.2, -0.15) is 0 Å². The van der Waals surface area contributed by atoms with E-state index in [2.05, 4.69) is 19.2 Å². The van der Waals surface area contributed by atoms with Crippen molar-refractivity contribution in [2.24, 2.45) is 11.3 Å². The van der Waals surface area contributed by atoms with E-state index in [1.54, 1.807) is 0 Å². The minimum atomic E-state index is -0.574. The summed E-state index contributed by atoms with van der Waals surface area (Å²) in [6.07, 6.45) is 1.06. The second kappa shape index (κ2) is 4.53. The average molecular weight is 263 g/mol. The highest BCUT2D eigenvalue weighted by molar-refractivity contribution is 5.99. The molecule has 0 spiro atoms. The molecule has 0 bridgehead atoms. The first kappa shape index (κ1) is 13.3. The van der Waals surface area contributed by atoms with Crippen LogP contribution in [0.15, 0.2) is 18.2 Å². The van der Waals surface area contributed by atoms with E-state index in [1.807, 2.05) is 0 Å². The van der Waals surface area contributed by atoms with E-state index in [1.165, 1.54) is 18.2 Å². The first-order valence-corrected chi connectivity index (χ1v) is 6.13. The number of nitro groups is 1. The van der Waals surface area contributed by atoms with Crippen molar-refractivity contribution in [1.29, 1.82) is 0 Å². The van der Waals surface area contributed by atoms with E-state index in [0.29, 0.717) is 18.2 Å². The van der Waals surface area contributed by atoms with Crippen LogP contribution in [0.2, 0.25) is 0 Å². The van der Waals surface area contributed by atoms with Crippen LogP contribution in [0.1, 0.15) is 30.6 Å². The Kier molecular flexibility index (Phi) is 3.18. The van der Waals surface area contributed by atoms with E-state index < -0.39 is 10.8 Å². The lowest BCUT2D eigenvalue weighted by molar-refractivity contribution is -0.385. The maximum atomic E-state index is 12.0. The summed E-state index contributed by atoms with van der Waals surface area (Å²) in [6.45, 7) is 4.80. The third-order valence-corrected chi connectivity index (χ3v) is 3.69. The zero-order valence-electron chi connectivity index (χ0n) is 11.0. The topological polar surface area (TPSA) is 98.3 Å². The Morgan fingerprint density at radius 1 is 1.58 bits per heavy atom. The second-order valence-electron chi connectivity index (χ2n) is 5.63. The SMILES string of the molecule is CC1(C)CC1CNC(=O)c1cc(N)ccc1[N+](=O)[O-]. The Morgan fingerprint density at radius 2 is 2.21 bits per heavy atom. The van der Waals surface area contributed by atoms with E-state index in [-0.39, 0.29) is 16.7 Å². The van der Waals surface area contributed by atoms with Gasteiger partial charge in [-0.3, -0.25) is 14.9 Å². The highest BCUT2D eigenvalue weighted by atomic mass is 16.6. The van der Waals surface area contributed by atoms with E-state index >= 15 is 0 Å². The summed E-state index contributed by atoms with van der Waals surface area (Å²) in [5, 5.41) is 13.6. The third-order valence-electron chi connectivity index (χ3n) is 3.69. The molecule has 1 aliphatic rings.